The van der Waals surface area contributed by atoms with E-state index in [1.807, 2.05) is 18.2 Å². The zero-order chi connectivity index (χ0) is 20.1. The highest BCUT2D eigenvalue weighted by Crippen LogP contribution is 2.42. The first kappa shape index (κ1) is 17.9. The molecule has 3 aromatic rings. The van der Waals surface area contributed by atoms with Gasteiger partial charge in [-0.3, -0.25) is 19.7 Å². The van der Waals surface area contributed by atoms with Gasteiger partial charge in [-0.15, -0.1) is 0 Å². The van der Waals surface area contributed by atoms with Crippen LogP contribution in [-0.4, -0.2) is 28.8 Å². The highest BCUT2D eigenvalue weighted by molar-refractivity contribution is 6.31. The second kappa shape index (κ2) is 6.72. The summed E-state index contributed by atoms with van der Waals surface area (Å²) in [6.07, 6.45) is 4.60. The monoisotopic (exact) mass is 389 g/mol. The Hall–Kier alpha value is -3.15. The van der Waals surface area contributed by atoms with Crippen LogP contribution >= 0.6 is 0 Å². The molecule has 5 rings (SSSR count). The van der Waals surface area contributed by atoms with Crippen molar-refractivity contribution in [3.8, 4) is 0 Å². The molecule has 2 aromatic carbocycles. The molecule has 0 atom stereocenters. The van der Waals surface area contributed by atoms with Crippen molar-refractivity contribution in [2.24, 2.45) is 0 Å². The van der Waals surface area contributed by atoms with Gasteiger partial charge in [0.25, 0.3) is 11.8 Å². The van der Waals surface area contributed by atoms with Gasteiger partial charge in [-0.1, -0.05) is 18.2 Å². The number of amides is 3. The Morgan fingerprint density at radius 2 is 1.83 bits per heavy atom. The first-order valence-corrected chi connectivity index (χ1v) is 10.3. The van der Waals surface area contributed by atoms with Crippen molar-refractivity contribution in [3.05, 3.63) is 46.5 Å². The summed E-state index contributed by atoms with van der Waals surface area (Å²) in [5.41, 5.74) is 5.64. The van der Waals surface area contributed by atoms with Gasteiger partial charge < -0.3 is 9.88 Å². The van der Waals surface area contributed by atoms with Crippen molar-refractivity contribution in [2.75, 3.05) is 6.54 Å². The molecular weight excluding hydrogens is 366 g/mol. The maximum Gasteiger partial charge on any atom is 0.259 e. The van der Waals surface area contributed by atoms with Gasteiger partial charge in [0.1, 0.15) is 0 Å². The third-order valence-electron chi connectivity index (χ3n) is 6.14. The van der Waals surface area contributed by atoms with Gasteiger partial charge in [0.15, 0.2) is 0 Å². The van der Waals surface area contributed by atoms with E-state index in [1.54, 1.807) is 0 Å². The van der Waals surface area contributed by atoms with Crippen LogP contribution in [0.2, 0.25) is 0 Å². The summed E-state index contributed by atoms with van der Waals surface area (Å²) in [4.78, 5) is 36.4. The van der Waals surface area contributed by atoms with E-state index in [1.165, 1.54) is 12.5 Å². The number of carbonyl (C=O) groups is 3. The maximum atomic E-state index is 12.7. The molecule has 2 heterocycles. The van der Waals surface area contributed by atoms with Crippen molar-refractivity contribution in [2.45, 2.75) is 45.6 Å². The molecule has 6 heteroatoms. The van der Waals surface area contributed by atoms with E-state index in [2.05, 4.69) is 21.3 Å². The Labute approximate surface area is 168 Å². The Morgan fingerprint density at radius 1 is 1.07 bits per heavy atom. The van der Waals surface area contributed by atoms with E-state index in [-0.39, 0.29) is 17.7 Å². The van der Waals surface area contributed by atoms with Crippen LogP contribution in [0.3, 0.4) is 0 Å². The molecule has 148 valence electrons. The summed E-state index contributed by atoms with van der Waals surface area (Å²) >= 11 is 0. The van der Waals surface area contributed by atoms with Crippen molar-refractivity contribution in [1.82, 2.24) is 15.2 Å². The third kappa shape index (κ3) is 2.66. The molecule has 2 N–H and O–H groups in total. The van der Waals surface area contributed by atoms with Crippen LogP contribution in [0.25, 0.3) is 21.8 Å². The number of benzene rings is 2. The number of hydrogen-bond acceptors (Lipinski definition) is 3. The molecular formula is C23H23N3O3. The zero-order valence-corrected chi connectivity index (χ0v) is 16.4. The first-order valence-electron chi connectivity index (χ1n) is 10.3. The molecule has 0 saturated carbocycles. The van der Waals surface area contributed by atoms with E-state index in [0.29, 0.717) is 17.7 Å². The molecule has 0 saturated heterocycles. The summed E-state index contributed by atoms with van der Waals surface area (Å²) in [6, 6.07) is 8.13. The normalized spacial score (nSPS) is 15.1. The van der Waals surface area contributed by atoms with Gasteiger partial charge in [-0.05, 0) is 49.3 Å². The molecule has 6 nitrogen and oxygen atoms in total. The van der Waals surface area contributed by atoms with Crippen LogP contribution < -0.4 is 10.6 Å². The topological polar surface area (TPSA) is 80.2 Å². The quantitative estimate of drug-likeness (QED) is 0.520. The Kier molecular flexibility index (Phi) is 4.15. The van der Waals surface area contributed by atoms with Crippen LogP contribution in [0.5, 0.6) is 0 Å². The fourth-order valence-electron chi connectivity index (χ4n) is 5.02. The van der Waals surface area contributed by atoms with Gasteiger partial charge >= 0.3 is 0 Å². The fourth-order valence-corrected chi connectivity index (χ4v) is 5.02. The molecule has 29 heavy (non-hydrogen) atoms. The van der Waals surface area contributed by atoms with Crippen LogP contribution in [0.1, 0.15) is 58.0 Å². The van der Waals surface area contributed by atoms with E-state index in [9.17, 15) is 14.4 Å². The third-order valence-corrected chi connectivity index (χ3v) is 6.14. The largest absolute Gasteiger partial charge is 0.356 e. The number of unbranched alkanes of at least 4 members (excludes halogenated alkanes) is 1. The van der Waals surface area contributed by atoms with E-state index < -0.39 is 0 Å². The molecule has 0 fully saturated rings. The smallest absolute Gasteiger partial charge is 0.259 e. The number of hydrogen-bond donors (Lipinski definition) is 2. The summed E-state index contributed by atoms with van der Waals surface area (Å²) < 4.78 is 2.32. The van der Waals surface area contributed by atoms with E-state index >= 15 is 0 Å². The second-order valence-corrected chi connectivity index (χ2v) is 7.93. The number of rotatable bonds is 5. The first-order chi connectivity index (χ1) is 14.1. The van der Waals surface area contributed by atoms with Gasteiger partial charge in [0, 0.05) is 36.3 Å². The summed E-state index contributed by atoms with van der Waals surface area (Å²) in [7, 11) is 0. The van der Waals surface area contributed by atoms with Gasteiger partial charge in [-0.2, -0.15) is 0 Å². The lowest BCUT2D eigenvalue weighted by molar-refractivity contribution is -0.118. The molecule has 0 unspecified atom stereocenters. The minimum Gasteiger partial charge on any atom is -0.356 e. The summed E-state index contributed by atoms with van der Waals surface area (Å²) in [6.45, 7) is 3.00. The predicted molar refractivity (Wildman–Crippen MR) is 111 cm³/mol. The Morgan fingerprint density at radius 3 is 2.66 bits per heavy atom. The molecule has 1 aliphatic heterocycles. The van der Waals surface area contributed by atoms with Crippen LogP contribution in [-0.2, 0) is 24.2 Å². The van der Waals surface area contributed by atoms with E-state index in [4.69, 9.17) is 0 Å². The SMILES string of the molecule is CC(=O)NCCCCn1c2ccccc2c2c3c(c4c(c21)CCC4)C(=O)NC3=O. The number of aromatic nitrogens is 1. The standard InChI is InChI=1S/C23H23N3O3/c1-13(27)24-11-4-5-12-26-17-10-3-2-7-16(17)18-20-19(22(28)25-23(20)29)14-8-6-9-15(14)21(18)26/h2-3,7,10H,4-6,8-9,11-12H2,1H3,(H,24,27)(H,25,28,29). The molecule has 1 aromatic heterocycles. The van der Waals surface area contributed by atoms with Gasteiger partial charge in [0.2, 0.25) is 5.91 Å². The maximum absolute atomic E-state index is 12.7. The lowest BCUT2D eigenvalue weighted by Gasteiger charge is -2.13. The predicted octanol–water partition coefficient (Wildman–Crippen LogP) is 3.08. The fraction of sp³-hybridized carbons (Fsp3) is 0.348. The minimum absolute atomic E-state index is 0.00840. The van der Waals surface area contributed by atoms with Crippen LogP contribution in [0, 0.1) is 0 Å². The number of carbonyl (C=O) groups excluding carboxylic acids is 3. The molecule has 3 amide bonds. The van der Waals surface area contributed by atoms with Gasteiger partial charge in [-0.25, -0.2) is 0 Å². The second-order valence-electron chi connectivity index (χ2n) is 7.93. The Balaban J connectivity index is 1.70. The van der Waals surface area contributed by atoms with Crippen LogP contribution in [0.15, 0.2) is 24.3 Å². The number of aryl methyl sites for hydroxylation is 2. The number of nitrogens with one attached hydrogen (secondary N) is 2. The highest BCUT2D eigenvalue weighted by Gasteiger charge is 2.37. The average Bonchev–Trinajstić information content (AvgIpc) is 3.36. The number of fused-ring (bicyclic) bond motifs is 8. The average molecular weight is 389 g/mol. The van der Waals surface area contributed by atoms with Gasteiger partial charge in [0.05, 0.1) is 16.6 Å². The molecule has 1 aliphatic carbocycles. The Bertz CT molecular complexity index is 1210. The van der Waals surface area contributed by atoms with Crippen molar-refractivity contribution < 1.29 is 14.4 Å². The summed E-state index contributed by atoms with van der Waals surface area (Å²) in [5, 5.41) is 7.31. The number of nitrogens with zero attached hydrogens (tertiary/aromatic N) is 1. The van der Waals surface area contributed by atoms with Crippen molar-refractivity contribution in [3.63, 3.8) is 0 Å². The lowest BCUT2D eigenvalue weighted by Crippen LogP contribution is -2.21. The molecule has 0 bridgehead atoms. The van der Waals surface area contributed by atoms with E-state index in [0.717, 1.165) is 66.0 Å². The molecule has 0 radical (unpaired) electrons. The molecule has 0 spiro atoms. The van der Waals surface area contributed by atoms with Crippen molar-refractivity contribution in [1.29, 1.82) is 0 Å². The number of imide groups is 1. The minimum atomic E-state index is -0.279. The number of para-hydroxylation sites is 1. The zero-order valence-electron chi connectivity index (χ0n) is 16.4. The van der Waals surface area contributed by atoms with Crippen LogP contribution in [0.4, 0.5) is 0 Å². The molecule has 2 aliphatic rings. The highest BCUT2D eigenvalue weighted by atomic mass is 16.2. The summed E-state index contributed by atoms with van der Waals surface area (Å²) in [5.74, 6) is -0.540. The lowest BCUT2D eigenvalue weighted by atomic mass is 9.93. The van der Waals surface area contributed by atoms with Crippen molar-refractivity contribution >= 4 is 39.5 Å².